The van der Waals surface area contributed by atoms with Crippen LogP contribution in [0.15, 0.2) is 24.3 Å². The molecule has 0 radical (unpaired) electrons. The van der Waals surface area contributed by atoms with E-state index in [4.69, 9.17) is 0 Å². The van der Waals surface area contributed by atoms with Crippen LogP contribution in [0.25, 0.3) is 0 Å². The van der Waals surface area contributed by atoms with E-state index in [1.807, 2.05) is 0 Å². The van der Waals surface area contributed by atoms with Crippen LogP contribution in [0, 0.1) is 5.82 Å². The Bertz CT molecular complexity index is 668. The third-order valence-electron chi connectivity index (χ3n) is 4.54. The van der Waals surface area contributed by atoms with Crippen molar-refractivity contribution in [2.75, 3.05) is 25.0 Å². The Morgan fingerprint density at radius 1 is 1.38 bits per heavy atom. The van der Waals surface area contributed by atoms with E-state index in [1.54, 1.807) is 6.07 Å². The van der Waals surface area contributed by atoms with Gasteiger partial charge in [0.1, 0.15) is 11.9 Å². The zero-order chi connectivity index (χ0) is 17.5. The number of para-hydroxylation sites is 1. The molecule has 0 spiro atoms. The summed E-state index contributed by atoms with van der Waals surface area (Å²) in [6.07, 6.45) is -0.243. The first-order valence-corrected chi connectivity index (χ1v) is 7.74. The Morgan fingerprint density at radius 2 is 2.08 bits per heavy atom. The van der Waals surface area contributed by atoms with Crippen LogP contribution < -0.4 is 10.2 Å². The molecule has 24 heavy (non-hydrogen) atoms. The molecule has 2 aliphatic heterocycles. The molecule has 8 heteroatoms. The topological polar surface area (TPSA) is 52.7 Å². The molecule has 1 aromatic carbocycles. The van der Waals surface area contributed by atoms with E-state index in [2.05, 4.69) is 5.32 Å². The zero-order valence-corrected chi connectivity index (χ0v) is 13.1. The fraction of sp³-hybridized carbons (Fsp3) is 0.500. The number of alkyl halides is 2. The molecule has 2 saturated heterocycles. The van der Waals surface area contributed by atoms with Gasteiger partial charge in [-0.1, -0.05) is 12.1 Å². The van der Waals surface area contributed by atoms with Crippen LogP contribution in [0.1, 0.15) is 12.8 Å². The van der Waals surface area contributed by atoms with Gasteiger partial charge in [0.25, 0.3) is 5.92 Å². The van der Waals surface area contributed by atoms with Crippen molar-refractivity contribution in [2.45, 2.75) is 30.8 Å². The summed E-state index contributed by atoms with van der Waals surface area (Å²) in [4.78, 5) is 27.4. The van der Waals surface area contributed by atoms with Gasteiger partial charge in [-0.25, -0.2) is 13.2 Å². The van der Waals surface area contributed by atoms with Crippen molar-refractivity contribution in [3.8, 4) is 0 Å². The van der Waals surface area contributed by atoms with Crippen LogP contribution in [0.5, 0.6) is 0 Å². The summed E-state index contributed by atoms with van der Waals surface area (Å²) in [5.41, 5.74) is 0.163. The lowest BCUT2D eigenvalue weighted by atomic mass is 10.1. The average molecular weight is 341 g/mol. The minimum atomic E-state index is -2.92. The van der Waals surface area contributed by atoms with E-state index in [9.17, 15) is 22.8 Å². The number of amides is 2. The molecule has 0 saturated carbocycles. The summed E-state index contributed by atoms with van der Waals surface area (Å²) < 4.78 is 40.4. The summed E-state index contributed by atoms with van der Waals surface area (Å²) in [5.74, 6) is -4.38. The average Bonchev–Trinajstić information content (AvgIpc) is 3.09. The molecule has 0 aliphatic carbocycles. The lowest BCUT2D eigenvalue weighted by molar-refractivity contribution is -0.138. The van der Waals surface area contributed by atoms with Gasteiger partial charge in [-0.3, -0.25) is 14.9 Å². The number of hydrogen-bond donors (Lipinski definition) is 1. The van der Waals surface area contributed by atoms with Crippen molar-refractivity contribution >= 4 is 17.5 Å². The van der Waals surface area contributed by atoms with Crippen LogP contribution in [0.4, 0.5) is 18.9 Å². The third kappa shape index (κ3) is 2.98. The summed E-state index contributed by atoms with van der Waals surface area (Å²) >= 11 is 0. The van der Waals surface area contributed by atoms with Gasteiger partial charge < -0.3 is 9.80 Å². The largest absolute Gasteiger partial charge is 0.332 e. The summed E-state index contributed by atoms with van der Waals surface area (Å²) in [6.45, 7) is -0.270. The number of anilines is 1. The monoisotopic (exact) mass is 341 g/mol. The molecule has 3 rings (SSSR count). The fourth-order valence-corrected chi connectivity index (χ4v) is 3.22. The summed E-state index contributed by atoms with van der Waals surface area (Å²) in [7, 11) is 1.42. The number of likely N-dealkylation sites (N-methyl/N-ethyl adjacent to an activating group) is 1. The van der Waals surface area contributed by atoms with Crippen molar-refractivity contribution in [1.82, 2.24) is 10.2 Å². The number of hydrogen-bond acceptors (Lipinski definition) is 3. The quantitative estimate of drug-likeness (QED) is 0.904. The Balaban J connectivity index is 1.71. The van der Waals surface area contributed by atoms with E-state index >= 15 is 0 Å². The smallest absolute Gasteiger partial charge is 0.262 e. The molecule has 2 fully saturated rings. The minimum Gasteiger partial charge on any atom is -0.332 e. The number of benzene rings is 1. The number of nitrogens with zero attached hydrogens (tertiary/aromatic N) is 2. The highest BCUT2D eigenvalue weighted by Crippen LogP contribution is 2.29. The minimum absolute atomic E-state index is 0.163. The Morgan fingerprint density at radius 3 is 2.71 bits per heavy atom. The fourth-order valence-electron chi connectivity index (χ4n) is 3.22. The zero-order valence-electron chi connectivity index (χ0n) is 13.1. The van der Waals surface area contributed by atoms with Crippen LogP contribution >= 0.6 is 0 Å². The van der Waals surface area contributed by atoms with Gasteiger partial charge in [0.2, 0.25) is 11.8 Å². The molecular formula is C16H18F3N3O2. The van der Waals surface area contributed by atoms with Gasteiger partial charge in [-0.05, 0) is 18.6 Å². The van der Waals surface area contributed by atoms with Crippen LogP contribution in [-0.4, -0.2) is 54.9 Å². The van der Waals surface area contributed by atoms with Gasteiger partial charge in [0, 0.05) is 20.0 Å². The highest BCUT2D eigenvalue weighted by Gasteiger charge is 2.46. The normalized spacial score (nSPS) is 26.0. The predicted molar refractivity (Wildman–Crippen MR) is 81.3 cm³/mol. The third-order valence-corrected chi connectivity index (χ3v) is 4.54. The highest BCUT2D eigenvalue weighted by atomic mass is 19.3. The number of carbonyl (C=O) groups is 2. The van der Waals surface area contributed by atoms with Crippen molar-refractivity contribution < 1.29 is 22.8 Å². The number of rotatable bonds is 3. The second-order valence-electron chi connectivity index (χ2n) is 6.19. The lowest BCUT2D eigenvalue weighted by Gasteiger charge is -2.26. The van der Waals surface area contributed by atoms with Gasteiger partial charge in [0.05, 0.1) is 18.3 Å². The SMILES string of the molecule is CN(C(=O)C1CC(F)(F)CN1)C1CCN(c2ccccc2F)C1=O. The molecule has 2 amide bonds. The first-order chi connectivity index (χ1) is 11.3. The Kier molecular flexibility index (Phi) is 4.25. The molecule has 1 aromatic rings. The van der Waals surface area contributed by atoms with Crippen molar-refractivity contribution in [1.29, 1.82) is 0 Å². The summed E-state index contributed by atoms with van der Waals surface area (Å²) in [6, 6.07) is 4.14. The number of halogens is 3. The molecule has 2 heterocycles. The lowest BCUT2D eigenvalue weighted by Crippen LogP contribution is -2.49. The maximum absolute atomic E-state index is 13.9. The first-order valence-electron chi connectivity index (χ1n) is 7.74. The maximum atomic E-state index is 13.9. The van der Waals surface area contributed by atoms with E-state index in [1.165, 1.54) is 35.0 Å². The molecule has 130 valence electrons. The van der Waals surface area contributed by atoms with Gasteiger partial charge in [0.15, 0.2) is 0 Å². The second kappa shape index (κ2) is 6.08. The molecule has 0 aromatic heterocycles. The molecular weight excluding hydrogens is 323 g/mol. The van der Waals surface area contributed by atoms with Crippen molar-refractivity contribution in [3.63, 3.8) is 0 Å². The summed E-state index contributed by atoms with van der Waals surface area (Å²) in [5, 5.41) is 2.49. The number of nitrogens with one attached hydrogen (secondary N) is 1. The first kappa shape index (κ1) is 16.8. The van der Waals surface area contributed by atoms with E-state index in [-0.39, 0.29) is 12.2 Å². The standard InChI is InChI=1S/C16H18F3N3O2/c1-21(14(23)11-8-16(18,19)9-20-11)13-6-7-22(15(13)24)12-5-3-2-4-10(12)17/h2-5,11,13,20H,6-9H2,1H3. The van der Waals surface area contributed by atoms with E-state index < -0.39 is 48.6 Å². The van der Waals surface area contributed by atoms with E-state index in [0.29, 0.717) is 6.42 Å². The van der Waals surface area contributed by atoms with Crippen LogP contribution in [-0.2, 0) is 9.59 Å². The maximum Gasteiger partial charge on any atom is 0.262 e. The number of carbonyl (C=O) groups excluding carboxylic acids is 2. The van der Waals surface area contributed by atoms with Gasteiger partial charge in [-0.2, -0.15) is 0 Å². The molecule has 2 atom stereocenters. The molecule has 5 nitrogen and oxygen atoms in total. The molecule has 2 aliphatic rings. The van der Waals surface area contributed by atoms with Crippen molar-refractivity contribution in [2.24, 2.45) is 0 Å². The predicted octanol–water partition coefficient (Wildman–Crippen LogP) is 1.39. The van der Waals surface area contributed by atoms with E-state index in [0.717, 1.165) is 0 Å². The Labute approximate surface area is 137 Å². The molecule has 1 N–H and O–H groups in total. The molecule has 2 unspecified atom stereocenters. The Hall–Kier alpha value is -2.09. The van der Waals surface area contributed by atoms with Crippen LogP contribution in [0.3, 0.4) is 0 Å². The second-order valence-corrected chi connectivity index (χ2v) is 6.19. The van der Waals surface area contributed by atoms with Crippen molar-refractivity contribution in [3.05, 3.63) is 30.1 Å². The van der Waals surface area contributed by atoms with Crippen LogP contribution in [0.2, 0.25) is 0 Å². The van der Waals surface area contributed by atoms with Gasteiger partial charge in [-0.15, -0.1) is 0 Å². The highest BCUT2D eigenvalue weighted by molar-refractivity contribution is 6.01. The molecule has 0 bridgehead atoms. The van der Waals surface area contributed by atoms with Gasteiger partial charge >= 0.3 is 0 Å².